The summed E-state index contributed by atoms with van der Waals surface area (Å²) >= 11 is 3.13. The summed E-state index contributed by atoms with van der Waals surface area (Å²) in [5.41, 5.74) is -0.331. The van der Waals surface area contributed by atoms with Gasteiger partial charge < -0.3 is 14.6 Å². The van der Waals surface area contributed by atoms with E-state index in [0.717, 1.165) is 0 Å². The summed E-state index contributed by atoms with van der Waals surface area (Å²) in [6.07, 6.45) is -1.58. The second kappa shape index (κ2) is 7.70. The van der Waals surface area contributed by atoms with Crippen LogP contribution in [0.1, 0.15) is 25.3 Å². The zero-order valence-electron chi connectivity index (χ0n) is 11.7. The molecule has 0 aliphatic carbocycles. The van der Waals surface area contributed by atoms with Crippen LogP contribution in [0, 0.1) is 0 Å². The Hall–Kier alpha value is -1.21. The fourth-order valence-corrected chi connectivity index (χ4v) is 2.05. The molecule has 0 heterocycles. The lowest BCUT2D eigenvalue weighted by atomic mass is 10.0. The van der Waals surface area contributed by atoms with E-state index >= 15 is 0 Å². The number of benzene rings is 1. The number of hydrogen-bond donors (Lipinski definition) is 1. The van der Waals surface area contributed by atoms with E-state index in [1.807, 2.05) is 0 Å². The van der Waals surface area contributed by atoms with Crippen LogP contribution in [0.5, 0.6) is 5.75 Å². The number of rotatable bonds is 8. The van der Waals surface area contributed by atoms with Gasteiger partial charge in [0.15, 0.2) is 6.10 Å². The van der Waals surface area contributed by atoms with Crippen LogP contribution >= 0.6 is 15.9 Å². The Kier molecular flexibility index (Phi) is 6.54. The van der Waals surface area contributed by atoms with Crippen LogP contribution in [0.15, 0.2) is 22.7 Å². The number of alkyl halides is 2. The van der Waals surface area contributed by atoms with Crippen molar-refractivity contribution in [3.05, 3.63) is 28.2 Å². The molecule has 7 heteroatoms. The second-order valence-corrected chi connectivity index (χ2v) is 5.34. The summed E-state index contributed by atoms with van der Waals surface area (Å²) in [5.74, 6) is -4.45. The Balaban J connectivity index is 3.08. The average molecular weight is 367 g/mol. The lowest BCUT2D eigenvalue weighted by Crippen LogP contribution is -2.29. The first-order chi connectivity index (χ1) is 9.81. The van der Waals surface area contributed by atoms with E-state index in [2.05, 4.69) is 15.9 Å². The highest BCUT2D eigenvalue weighted by Crippen LogP contribution is 2.39. The molecule has 0 spiro atoms. The summed E-state index contributed by atoms with van der Waals surface area (Å²) in [6.45, 7) is 1.51. The van der Waals surface area contributed by atoms with Gasteiger partial charge in [0.25, 0.3) is 5.92 Å². The topological polar surface area (TPSA) is 55.8 Å². The van der Waals surface area contributed by atoms with Crippen molar-refractivity contribution >= 4 is 21.9 Å². The van der Waals surface area contributed by atoms with Crippen molar-refractivity contribution in [1.82, 2.24) is 0 Å². The van der Waals surface area contributed by atoms with Crippen LogP contribution in [0.3, 0.4) is 0 Å². The molecule has 0 aliphatic heterocycles. The fraction of sp³-hybridized carbons (Fsp3) is 0.500. The number of methoxy groups -OCH3 is 1. The lowest BCUT2D eigenvalue weighted by molar-refractivity contribution is -0.146. The Morgan fingerprint density at radius 2 is 2.14 bits per heavy atom. The van der Waals surface area contributed by atoms with Crippen molar-refractivity contribution in [2.75, 3.05) is 13.7 Å². The third kappa shape index (κ3) is 4.93. The molecular formula is C14H17BrF2O4. The third-order valence-corrected chi connectivity index (χ3v) is 3.40. The molecular weight excluding hydrogens is 350 g/mol. The van der Waals surface area contributed by atoms with Gasteiger partial charge in [0.05, 0.1) is 12.2 Å². The Labute approximate surface area is 130 Å². The monoisotopic (exact) mass is 366 g/mol. The SMILES string of the molecule is CCC(F)(F)c1cc(Br)ccc1OC(CCOC)C(=O)O. The number of ether oxygens (including phenoxy) is 2. The van der Waals surface area contributed by atoms with E-state index in [9.17, 15) is 13.6 Å². The molecule has 0 aromatic heterocycles. The van der Waals surface area contributed by atoms with Crippen LogP contribution in [0.4, 0.5) is 8.78 Å². The molecule has 1 unspecified atom stereocenters. The second-order valence-electron chi connectivity index (χ2n) is 4.42. The van der Waals surface area contributed by atoms with Gasteiger partial charge in [-0.2, -0.15) is 0 Å². The number of carbonyl (C=O) groups is 1. The van der Waals surface area contributed by atoms with E-state index < -0.39 is 24.4 Å². The highest BCUT2D eigenvalue weighted by Gasteiger charge is 2.34. The molecule has 1 aromatic carbocycles. The van der Waals surface area contributed by atoms with Crippen molar-refractivity contribution < 1.29 is 28.2 Å². The molecule has 0 radical (unpaired) electrons. The minimum atomic E-state index is -3.09. The van der Waals surface area contributed by atoms with Gasteiger partial charge in [-0.3, -0.25) is 0 Å². The van der Waals surface area contributed by atoms with Gasteiger partial charge in [0.2, 0.25) is 0 Å². The zero-order chi connectivity index (χ0) is 16.0. The smallest absolute Gasteiger partial charge is 0.344 e. The van der Waals surface area contributed by atoms with Gasteiger partial charge in [-0.15, -0.1) is 0 Å². The molecule has 0 amide bonds. The van der Waals surface area contributed by atoms with Crippen LogP contribution < -0.4 is 4.74 Å². The van der Waals surface area contributed by atoms with E-state index in [4.69, 9.17) is 14.6 Å². The van der Waals surface area contributed by atoms with E-state index in [1.165, 1.54) is 32.2 Å². The van der Waals surface area contributed by atoms with Crippen molar-refractivity contribution in [1.29, 1.82) is 0 Å². The maximum Gasteiger partial charge on any atom is 0.344 e. The predicted octanol–water partition coefficient (Wildman–Crippen LogP) is 3.82. The molecule has 0 bridgehead atoms. The van der Waals surface area contributed by atoms with Gasteiger partial charge in [0, 0.05) is 24.4 Å². The molecule has 0 saturated carbocycles. The summed E-state index contributed by atoms with van der Waals surface area (Å²) < 4.78 is 38.5. The van der Waals surface area contributed by atoms with Crippen molar-refractivity contribution in [3.63, 3.8) is 0 Å². The molecule has 1 rings (SSSR count). The maximum atomic E-state index is 14.0. The number of halogens is 3. The Bertz CT molecular complexity index is 494. The van der Waals surface area contributed by atoms with Gasteiger partial charge >= 0.3 is 5.97 Å². The average Bonchev–Trinajstić information content (AvgIpc) is 2.44. The zero-order valence-corrected chi connectivity index (χ0v) is 13.3. The third-order valence-electron chi connectivity index (χ3n) is 2.91. The molecule has 118 valence electrons. The van der Waals surface area contributed by atoms with Gasteiger partial charge in [-0.1, -0.05) is 22.9 Å². The largest absolute Gasteiger partial charge is 0.479 e. The number of carboxylic acid groups (broad SMARTS) is 1. The Morgan fingerprint density at radius 1 is 1.48 bits per heavy atom. The molecule has 1 aromatic rings. The van der Waals surface area contributed by atoms with E-state index in [1.54, 1.807) is 0 Å². The van der Waals surface area contributed by atoms with Gasteiger partial charge in [0.1, 0.15) is 5.75 Å². The van der Waals surface area contributed by atoms with Gasteiger partial charge in [-0.25, -0.2) is 13.6 Å². The van der Waals surface area contributed by atoms with Crippen LogP contribution in [-0.4, -0.2) is 30.9 Å². The number of carboxylic acids is 1. The fourth-order valence-electron chi connectivity index (χ4n) is 1.69. The molecule has 21 heavy (non-hydrogen) atoms. The normalized spacial score (nSPS) is 13.0. The molecule has 0 saturated heterocycles. The minimum Gasteiger partial charge on any atom is -0.479 e. The van der Waals surface area contributed by atoms with Crippen molar-refractivity contribution in [2.24, 2.45) is 0 Å². The van der Waals surface area contributed by atoms with Crippen LogP contribution in [-0.2, 0) is 15.5 Å². The first-order valence-corrected chi connectivity index (χ1v) is 7.17. The first-order valence-electron chi connectivity index (χ1n) is 6.38. The minimum absolute atomic E-state index is 0.0685. The summed E-state index contributed by atoms with van der Waals surface area (Å²) in [4.78, 5) is 11.1. The highest BCUT2D eigenvalue weighted by molar-refractivity contribution is 9.10. The standard InChI is InChI=1S/C14H17BrF2O4/c1-3-14(16,17)10-8-9(15)4-5-11(10)21-12(13(18)19)6-7-20-2/h4-5,8,12H,3,6-7H2,1-2H3,(H,18,19). The van der Waals surface area contributed by atoms with Crippen molar-refractivity contribution in [2.45, 2.75) is 31.8 Å². The van der Waals surface area contributed by atoms with E-state index in [-0.39, 0.29) is 24.3 Å². The maximum absolute atomic E-state index is 14.0. The first kappa shape index (κ1) is 17.8. The molecule has 4 nitrogen and oxygen atoms in total. The van der Waals surface area contributed by atoms with Crippen LogP contribution in [0.25, 0.3) is 0 Å². The lowest BCUT2D eigenvalue weighted by Gasteiger charge is -2.22. The molecule has 0 fully saturated rings. The van der Waals surface area contributed by atoms with Gasteiger partial charge in [-0.05, 0) is 18.2 Å². The molecule has 1 N–H and O–H groups in total. The summed E-state index contributed by atoms with van der Waals surface area (Å²) in [6, 6.07) is 4.11. The number of hydrogen-bond acceptors (Lipinski definition) is 3. The highest BCUT2D eigenvalue weighted by atomic mass is 79.9. The number of aliphatic carboxylic acids is 1. The predicted molar refractivity (Wildman–Crippen MR) is 76.9 cm³/mol. The summed E-state index contributed by atoms with van der Waals surface area (Å²) in [7, 11) is 1.43. The molecule has 0 aliphatic rings. The summed E-state index contributed by atoms with van der Waals surface area (Å²) in [5, 5.41) is 9.09. The Morgan fingerprint density at radius 3 is 2.67 bits per heavy atom. The molecule has 1 atom stereocenters. The van der Waals surface area contributed by atoms with E-state index in [0.29, 0.717) is 4.47 Å². The van der Waals surface area contributed by atoms with Crippen molar-refractivity contribution in [3.8, 4) is 5.75 Å². The van der Waals surface area contributed by atoms with Crippen LogP contribution in [0.2, 0.25) is 0 Å². The quantitative estimate of drug-likeness (QED) is 0.759.